The van der Waals surface area contributed by atoms with Gasteiger partial charge in [-0.25, -0.2) is 0 Å². The van der Waals surface area contributed by atoms with Gasteiger partial charge in [0.05, 0.1) is 4.92 Å². The van der Waals surface area contributed by atoms with E-state index in [1.165, 1.54) is 12.8 Å². The Hall–Kier alpha value is -1.62. The lowest BCUT2D eigenvalue weighted by Crippen LogP contribution is -2.19. The molecule has 5 nitrogen and oxygen atoms in total. The average Bonchev–Trinajstić information content (AvgIpc) is 3.12. The van der Waals surface area contributed by atoms with E-state index in [9.17, 15) is 10.1 Å². The van der Waals surface area contributed by atoms with E-state index in [1.807, 2.05) is 12.1 Å². The number of hydrogen-bond donors (Lipinski definition) is 1. The predicted octanol–water partition coefficient (Wildman–Crippen LogP) is 2.23. The standard InChI is InChI=1S/C12H17N3O2/c1-13-11-7-9(3-6-12(11)15(16)17)8-14(2)10-4-5-10/h3,6-7,10,13H,4-5,8H2,1-2H3. The third-order valence-corrected chi connectivity index (χ3v) is 3.13. The molecule has 2 rings (SSSR count). The molecule has 1 aromatic carbocycles. The van der Waals surface area contributed by atoms with Crippen LogP contribution in [0.2, 0.25) is 0 Å². The number of hydrogen-bond acceptors (Lipinski definition) is 4. The van der Waals surface area contributed by atoms with E-state index in [1.54, 1.807) is 13.1 Å². The molecule has 1 fully saturated rings. The van der Waals surface area contributed by atoms with Gasteiger partial charge in [0.1, 0.15) is 5.69 Å². The van der Waals surface area contributed by atoms with Crippen LogP contribution in [-0.4, -0.2) is 30.0 Å². The van der Waals surface area contributed by atoms with Gasteiger partial charge < -0.3 is 5.32 Å². The molecular weight excluding hydrogens is 218 g/mol. The Morgan fingerprint density at radius 2 is 2.24 bits per heavy atom. The maximum atomic E-state index is 10.8. The number of nitro groups is 1. The maximum absolute atomic E-state index is 10.8. The highest BCUT2D eigenvalue weighted by molar-refractivity contribution is 5.62. The van der Waals surface area contributed by atoms with Crippen molar-refractivity contribution in [1.29, 1.82) is 0 Å². The van der Waals surface area contributed by atoms with Crippen LogP contribution in [0.5, 0.6) is 0 Å². The second kappa shape index (κ2) is 4.71. The lowest BCUT2D eigenvalue weighted by atomic mass is 10.1. The monoisotopic (exact) mass is 235 g/mol. The Morgan fingerprint density at radius 3 is 2.76 bits per heavy atom. The van der Waals surface area contributed by atoms with Crippen molar-refractivity contribution in [1.82, 2.24) is 4.90 Å². The van der Waals surface area contributed by atoms with Crippen molar-refractivity contribution < 1.29 is 4.92 Å². The summed E-state index contributed by atoms with van der Waals surface area (Å²) < 4.78 is 0. The second-order valence-corrected chi connectivity index (χ2v) is 4.50. The highest BCUT2D eigenvalue weighted by atomic mass is 16.6. The van der Waals surface area contributed by atoms with Crippen LogP contribution in [0, 0.1) is 10.1 Å². The van der Waals surface area contributed by atoms with Crippen LogP contribution >= 0.6 is 0 Å². The van der Waals surface area contributed by atoms with Crippen molar-refractivity contribution >= 4 is 11.4 Å². The van der Waals surface area contributed by atoms with Crippen LogP contribution in [0.1, 0.15) is 18.4 Å². The van der Waals surface area contributed by atoms with Gasteiger partial charge in [-0.3, -0.25) is 15.0 Å². The first kappa shape index (κ1) is 11.9. The zero-order valence-electron chi connectivity index (χ0n) is 10.1. The van der Waals surface area contributed by atoms with Crippen molar-refractivity contribution in [2.45, 2.75) is 25.4 Å². The molecule has 1 N–H and O–H groups in total. The van der Waals surface area contributed by atoms with Crippen LogP contribution in [0.15, 0.2) is 18.2 Å². The molecule has 1 aliphatic rings. The first-order valence-corrected chi connectivity index (χ1v) is 5.77. The van der Waals surface area contributed by atoms with Gasteiger partial charge in [0.2, 0.25) is 0 Å². The predicted molar refractivity (Wildman–Crippen MR) is 67.1 cm³/mol. The lowest BCUT2D eigenvalue weighted by molar-refractivity contribution is -0.384. The number of benzene rings is 1. The fraction of sp³-hybridized carbons (Fsp3) is 0.500. The molecule has 0 spiro atoms. The van der Waals surface area contributed by atoms with Crippen LogP contribution in [0.3, 0.4) is 0 Å². The van der Waals surface area contributed by atoms with Gasteiger partial charge in [-0.2, -0.15) is 0 Å². The number of nitrogens with zero attached hydrogens (tertiary/aromatic N) is 2. The highest BCUT2D eigenvalue weighted by Crippen LogP contribution is 2.29. The first-order valence-electron chi connectivity index (χ1n) is 5.77. The van der Waals surface area contributed by atoms with Gasteiger partial charge in [0.15, 0.2) is 0 Å². The molecule has 0 heterocycles. The van der Waals surface area contributed by atoms with Gasteiger partial charge in [-0.15, -0.1) is 0 Å². The van der Waals surface area contributed by atoms with Crippen molar-refractivity contribution in [2.24, 2.45) is 0 Å². The van der Waals surface area contributed by atoms with Crippen molar-refractivity contribution in [2.75, 3.05) is 19.4 Å². The quantitative estimate of drug-likeness (QED) is 0.628. The summed E-state index contributed by atoms with van der Waals surface area (Å²) >= 11 is 0. The Balaban J connectivity index is 2.15. The smallest absolute Gasteiger partial charge is 0.292 e. The van der Waals surface area contributed by atoms with Crippen LogP contribution in [0.4, 0.5) is 11.4 Å². The molecular formula is C12H17N3O2. The second-order valence-electron chi connectivity index (χ2n) is 4.50. The van der Waals surface area contributed by atoms with Crippen LogP contribution < -0.4 is 5.32 Å². The molecule has 1 aromatic rings. The normalized spacial score (nSPS) is 15.0. The van der Waals surface area contributed by atoms with E-state index < -0.39 is 0 Å². The molecule has 0 aromatic heterocycles. The molecule has 0 atom stereocenters. The molecule has 0 amide bonds. The van der Waals surface area contributed by atoms with Crippen LogP contribution in [-0.2, 0) is 6.54 Å². The maximum Gasteiger partial charge on any atom is 0.292 e. The average molecular weight is 235 g/mol. The number of rotatable bonds is 5. The molecule has 17 heavy (non-hydrogen) atoms. The third kappa shape index (κ3) is 2.74. The summed E-state index contributed by atoms with van der Waals surface area (Å²) in [4.78, 5) is 12.7. The fourth-order valence-electron chi connectivity index (χ4n) is 1.97. The Kier molecular flexibility index (Phi) is 3.28. The van der Waals surface area contributed by atoms with Gasteiger partial charge >= 0.3 is 0 Å². The van der Waals surface area contributed by atoms with Crippen LogP contribution in [0.25, 0.3) is 0 Å². The molecule has 0 bridgehead atoms. The third-order valence-electron chi connectivity index (χ3n) is 3.13. The Bertz CT molecular complexity index is 430. The summed E-state index contributed by atoms with van der Waals surface area (Å²) in [5, 5.41) is 13.7. The van der Waals surface area contributed by atoms with Crippen molar-refractivity contribution in [3.63, 3.8) is 0 Å². The summed E-state index contributed by atoms with van der Waals surface area (Å²) in [5.41, 5.74) is 1.82. The van der Waals surface area contributed by atoms with Gasteiger partial charge in [0, 0.05) is 25.7 Å². The highest BCUT2D eigenvalue weighted by Gasteiger charge is 2.26. The summed E-state index contributed by atoms with van der Waals surface area (Å²) in [6.45, 7) is 0.845. The molecule has 0 radical (unpaired) electrons. The first-order chi connectivity index (χ1) is 8.11. The van der Waals surface area contributed by atoms with Gasteiger partial charge in [-0.1, -0.05) is 6.07 Å². The molecule has 92 valence electrons. The lowest BCUT2D eigenvalue weighted by Gasteiger charge is -2.16. The summed E-state index contributed by atoms with van der Waals surface area (Å²) in [6.07, 6.45) is 2.53. The number of nitro benzene ring substituents is 1. The van der Waals surface area contributed by atoms with Crippen molar-refractivity contribution in [3.05, 3.63) is 33.9 Å². The zero-order valence-corrected chi connectivity index (χ0v) is 10.1. The minimum Gasteiger partial charge on any atom is -0.383 e. The van der Waals surface area contributed by atoms with E-state index in [-0.39, 0.29) is 10.6 Å². The van der Waals surface area contributed by atoms with E-state index in [4.69, 9.17) is 0 Å². The minimum absolute atomic E-state index is 0.130. The molecule has 0 unspecified atom stereocenters. The molecule has 1 saturated carbocycles. The molecule has 1 aliphatic carbocycles. The number of nitrogens with one attached hydrogen (secondary N) is 1. The summed E-state index contributed by atoms with van der Waals surface area (Å²) in [7, 11) is 3.80. The van der Waals surface area contributed by atoms with Crippen molar-refractivity contribution in [3.8, 4) is 0 Å². The summed E-state index contributed by atoms with van der Waals surface area (Å²) in [5.74, 6) is 0. The topological polar surface area (TPSA) is 58.4 Å². The zero-order chi connectivity index (χ0) is 12.4. The molecule has 0 saturated heterocycles. The summed E-state index contributed by atoms with van der Waals surface area (Å²) in [6, 6.07) is 5.96. The Morgan fingerprint density at radius 1 is 1.53 bits per heavy atom. The van der Waals surface area contributed by atoms with E-state index in [0.29, 0.717) is 11.7 Å². The number of anilines is 1. The minimum atomic E-state index is -0.361. The van der Waals surface area contributed by atoms with Gasteiger partial charge in [-0.05, 0) is 31.5 Å². The van der Waals surface area contributed by atoms with E-state index in [2.05, 4.69) is 17.3 Å². The molecule has 5 heteroatoms. The van der Waals surface area contributed by atoms with E-state index in [0.717, 1.165) is 12.1 Å². The Labute approximate surface area is 101 Å². The molecule has 0 aliphatic heterocycles. The fourth-order valence-corrected chi connectivity index (χ4v) is 1.97. The van der Waals surface area contributed by atoms with E-state index >= 15 is 0 Å². The van der Waals surface area contributed by atoms with Gasteiger partial charge in [0.25, 0.3) is 5.69 Å². The SMILES string of the molecule is CNc1cc(CN(C)C2CC2)ccc1[N+](=O)[O-]. The largest absolute Gasteiger partial charge is 0.383 e.